The summed E-state index contributed by atoms with van der Waals surface area (Å²) >= 11 is 0. The minimum absolute atomic E-state index is 0.0508. The lowest BCUT2D eigenvalue weighted by Crippen LogP contribution is -2.30. The summed E-state index contributed by atoms with van der Waals surface area (Å²) in [6.07, 6.45) is 1.37. The number of amides is 1. The lowest BCUT2D eigenvalue weighted by atomic mass is 10.2. The van der Waals surface area contributed by atoms with Gasteiger partial charge in [-0.15, -0.1) is 0 Å². The molecule has 9 nitrogen and oxygen atoms in total. The number of H-pyrrole nitrogens is 1. The molecule has 0 aliphatic rings. The topological polar surface area (TPSA) is 126 Å². The molecule has 1 aromatic carbocycles. The number of aromatic nitrogens is 1. The van der Waals surface area contributed by atoms with Crippen LogP contribution < -0.4 is 10.9 Å². The molecule has 29 heavy (non-hydrogen) atoms. The van der Waals surface area contributed by atoms with Crippen LogP contribution in [0.3, 0.4) is 0 Å². The Hall–Kier alpha value is -2.98. The smallest absolute Gasteiger partial charge is 0.344 e. The summed E-state index contributed by atoms with van der Waals surface area (Å²) in [6.45, 7) is 5.21. The number of carbonyl (C=O) groups is 2. The third-order valence-corrected chi connectivity index (χ3v) is 6.24. The first-order chi connectivity index (χ1) is 13.7. The van der Waals surface area contributed by atoms with E-state index in [0.717, 1.165) is 0 Å². The fourth-order valence-electron chi connectivity index (χ4n) is 2.59. The standard InChI is InChI=1S/C19H23N3O6S/c1-4-22(5-2)29(26,27)14-9-8-13(3)16(11-14)21-17(23)12-28-19(25)15-7-6-10-20-18(15)24/h6-11H,4-5,12H2,1-3H3,(H,20,24)(H,21,23). The second kappa shape index (κ2) is 9.48. The Morgan fingerprint density at radius 1 is 1.17 bits per heavy atom. The van der Waals surface area contributed by atoms with Crippen molar-refractivity contribution in [1.82, 2.24) is 9.29 Å². The molecule has 156 valence electrons. The number of hydrogen-bond acceptors (Lipinski definition) is 6. The predicted molar refractivity (Wildman–Crippen MR) is 107 cm³/mol. The van der Waals surface area contributed by atoms with Crippen molar-refractivity contribution in [1.29, 1.82) is 0 Å². The van der Waals surface area contributed by atoms with Crippen LogP contribution in [0.4, 0.5) is 5.69 Å². The average molecular weight is 421 g/mol. The molecule has 0 saturated carbocycles. The number of benzene rings is 1. The van der Waals surface area contributed by atoms with Crippen LogP contribution in [0.15, 0.2) is 46.2 Å². The third-order valence-electron chi connectivity index (χ3n) is 4.20. The molecule has 1 aromatic heterocycles. The van der Waals surface area contributed by atoms with Crippen molar-refractivity contribution in [2.75, 3.05) is 25.0 Å². The second-order valence-electron chi connectivity index (χ2n) is 6.10. The van der Waals surface area contributed by atoms with E-state index in [1.165, 1.54) is 34.8 Å². The molecule has 0 radical (unpaired) electrons. The highest BCUT2D eigenvalue weighted by atomic mass is 32.2. The van der Waals surface area contributed by atoms with Gasteiger partial charge in [0.25, 0.3) is 11.5 Å². The van der Waals surface area contributed by atoms with Gasteiger partial charge in [-0.1, -0.05) is 19.9 Å². The number of rotatable bonds is 8. The molecule has 2 N–H and O–H groups in total. The summed E-state index contributed by atoms with van der Waals surface area (Å²) in [5, 5.41) is 2.53. The van der Waals surface area contributed by atoms with Crippen LogP contribution in [0.2, 0.25) is 0 Å². The number of aromatic amines is 1. The van der Waals surface area contributed by atoms with Crippen LogP contribution in [0.25, 0.3) is 0 Å². The zero-order valence-electron chi connectivity index (χ0n) is 16.4. The number of pyridine rings is 1. The van der Waals surface area contributed by atoms with Crippen molar-refractivity contribution < 1.29 is 22.7 Å². The van der Waals surface area contributed by atoms with Gasteiger partial charge in [0, 0.05) is 25.0 Å². The molecule has 0 aliphatic heterocycles. The van der Waals surface area contributed by atoms with Crippen LogP contribution in [-0.2, 0) is 19.6 Å². The Labute approximate surface area is 168 Å². The Morgan fingerprint density at radius 2 is 1.86 bits per heavy atom. The molecule has 0 saturated heterocycles. The number of nitrogens with zero attached hydrogens (tertiary/aromatic N) is 1. The van der Waals surface area contributed by atoms with Gasteiger partial charge in [-0.3, -0.25) is 9.59 Å². The van der Waals surface area contributed by atoms with E-state index in [-0.39, 0.29) is 16.1 Å². The largest absolute Gasteiger partial charge is 0.452 e. The maximum atomic E-state index is 12.7. The van der Waals surface area contributed by atoms with Gasteiger partial charge in [0.15, 0.2) is 6.61 Å². The fourth-order valence-corrected chi connectivity index (χ4v) is 4.07. The summed E-state index contributed by atoms with van der Waals surface area (Å²) in [4.78, 5) is 38.0. The molecule has 0 unspecified atom stereocenters. The molecule has 2 rings (SSSR count). The summed E-state index contributed by atoms with van der Waals surface area (Å²) in [6, 6.07) is 7.17. The Morgan fingerprint density at radius 3 is 2.48 bits per heavy atom. The maximum absolute atomic E-state index is 12.7. The van der Waals surface area contributed by atoms with Crippen molar-refractivity contribution >= 4 is 27.6 Å². The molecule has 0 bridgehead atoms. The minimum atomic E-state index is -3.68. The lowest BCUT2D eigenvalue weighted by Gasteiger charge is -2.19. The van der Waals surface area contributed by atoms with E-state index in [4.69, 9.17) is 4.74 Å². The molecule has 0 fully saturated rings. The van der Waals surface area contributed by atoms with Crippen LogP contribution in [0.1, 0.15) is 29.8 Å². The summed E-state index contributed by atoms with van der Waals surface area (Å²) in [5.74, 6) is -1.59. The van der Waals surface area contributed by atoms with Crippen LogP contribution >= 0.6 is 0 Å². The zero-order chi connectivity index (χ0) is 21.6. The highest BCUT2D eigenvalue weighted by Gasteiger charge is 2.22. The zero-order valence-corrected chi connectivity index (χ0v) is 17.2. The number of carbonyl (C=O) groups excluding carboxylic acids is 2. The van der Waals surface area contributed by atoms with Crippen LogP contribution in [0.5, 0.6) is 0 Å². The van der Waals surface area contributed by atoms with Crippen molar-refractivity contribution in [2.45, 2.75) is 25.7 Å². The quantitative estimate of drug-likeness (QED) is 0.622. The molecular formula is C19H23N3O6S. The van der Waals surface area contributed by atoms with Gasteiger partial charge in [0.2, 0.25) is 10.0 Å². The summed E-state index contributed by atoms with van der Waals surface area (Å²) < 4.78 is 31.5. The van der Waals surface area contributed by atoms with Crippen molar-refractivity contribution in [2.24, 2.45) is 0 Å². The molecule has 0 atom stereocenters. The Kier molecular flexibility index (Phi) is 7.29. The van der Waals surface area contributed by atoms with Crippen LogP contribution in [0, 0.1) is 6.92 Å². The second-order valence-corrected chi connectivity index (χ2v) is 8.04. The average Bonchev–Trinajstić information content (AvgIpc) is 2.68. The maximum Gasteiger partial charge on any atom is 0.344 e. The monoisotopic (exact) mass is 421 g/mol. The van der Waals surface area contributed by atoms with Crippen molar-refractivity contribution in [3.05, 3.63) is 58.0 Å². The molecular weight excluding hydrogens is 398 g/mol. The number of ether oxygens (including phenoxy) is 1. The minimum Gasteiger partial charge on any atom is -0.452 e. The first-order valence-corrected chi connectivity index (χ1v) is 10.4. The molecule has 0 aliphatic carbocycles. The van der Waals surface area contributed by atoms with E-state index < -0.39 is 34.1 Å². The number of esters is 1. The molecule has 2 aromatic rings. The fraction of sp³-hybridized carbons (Fsp3) is 0.316. The number of sulfonamides is 1. The molecule has 1 heterocycles. The summed E-state index contributed by atoms with van der Waals surface area (Å²) in [7, 11) is -3.68. The van der Waals surface area contributed by atoms with Gasteiger partial charge in [-0.05, 0) is 36.8 Å². The van der Waals surface area contributed by atoms with E-state index >= 15 is 0 Å². The van der Waals surface area contributed by atoms with Gasteiger partial charge >= 0.3 is 5.97 Å². The number of aryl methyl sites for hydroxylation is 1. The normalized spacial score (nSPS) is 11.3. The predicted octanol–water partition coefficient (Wildman–Crippen LogP) is 1.51. The van der Waals surface area contributed by atoms with E-state index in [9.17, 15) is 22.8 Å². The van der Waals surface area contributed by atoms with E-state index in [0.29, 0.717) is 18.7 Å². The number of hydrogen-bond donors (Lipinski definition) is 2. The van der Waals surface area contributed by atoms with Gasteiger partial charge in [-0.2, -0.15) is 4.31 Å². The highest BCUT2D eigenvalue weighted by molar-refractivity contribution is 7.89. The van der Waals surface area contributed by atoms with Crippen LogP contribution in [-0.4, -0.2) is 49.3 Å². The number of anilines is 1. The Bertz CT molecular complexity index is 1060. The summed E-state index contributed by atoms with van der Waals surface area (Å²) in [5.41, 5.74) is 0.0892. The first-order valence-electron chi connectivity index (χ1n) is 8.96. The SMILES string of the molecule is CCN(CC)S(=O)(=O)c1ccc(C)c(NC(=O)COC(=O)c2ccc[nH]c2=O)c1. The van der Waals surface area contributed by atoms with Crippen molar-refractivity contribution in [3.8, 4) is 0 Å². The highest BCUT2D eigenvalue weighted by Crippen LogP contribution is 2.23. The van der Waals surface area contributed by atoms with E-state index in [2.05, 4.69) is 10.3 Å². The molecule has 10 heteroatoms. The van der Waals surface area contributed by atoms with Gasteiger partial charge in [0.1, 0.15) is 5.56 Å². The molecule has 1 amide bonds. The molecule has 0 spiro atoms. The number of nitrogens with one attached hydrogen (secondary N) is 2. The van der Waals surface area contributed by atoms with Gasteiger partial charge in [-0.25, -0.2) is 13.2 Å². The third kappa shape index (κ3) is 5.30. The lowest BCUT2D eigenvalue weighted by molar-refractivity contribution is -0.119. The van der Waals surface area contributed by atoms with E-state index in [1.807, 2.05) is 0 Å². The van der Waals surface area contributed by atoms with Crippen molar-refractivity contribution in [3.63, 3.8) is 0 Å². The van der Waals surface area contributed by atoms with Gasteiger partial charge < -0.3 is 15.0 Å². The van der Waals surface area contributed by atoms with E-state index in [1.54, 1.807) is 26.8 Å². The first kappa shape index (κ1) is 22.3. The van der Waals surface area contributed by atoms with Gasteiger partial charge in [0.05, 0.1) is 4.90 Å². The Balaban J connectivity index is 2.11.